The SMILES string of the molecule is Cc1ccc(CN)c(-n2cnnn2)c1C. The van der Waals surface area contributed by atoms with E-state index in [4.69, 9.17) is 5.73 Å². The smallest absolute Gasteiger partial charge is 0.143 e. The summed E-state index contributed by atoms with van der Waals surface area (Å²) in [4.78, 5) is 0. The zero-order valence-electron chi connectivity index (χ0n) is 8.81. The topological polar surface area (TPSA) is 69.6 Å². The molecule has 0 aliphatic carbocycles. The number of nitrogens with zero attached hydrogens (tertiary/aromatic N) is 4. The molecule has 1 aromatic heterocycles. The molecule has 5 nitrogen and oxygen atoms in total. The molecule has 1 heterocycles. The molecule has 15 heavy (non-hydrogen) atoms. The number of hydrogen-bond donors (Lipinski definition) is 1. The van der Waals surface area contributed by atoms with Crippen LogP contribution in [-0.2, 0) is 6.54 Å². The molecule has 2 N–H and O–H groups in total. The number of aryl methyl sites for hydroxylation is 1. The van der Waals surface area contributed by atoms with Gasteiger partial charge in [-0.05, 0) is 41.0 Å². The second-order valence-corrected chi connectivity index (χ2v) is 3.47. The standard InChI is InChI=1S/C10H13N5/c1-7-3-4-9(5-11)10(8(7)2)15-6-12-13-14-15/h3-4,6H,5,11H2,1-2H3. The monoisotopic (exact) mass is 203 g/mol. The number of nitrogens with two attached hydrogens (primary N) is 1. The summed E-state index contributed by atoms with van der Waals surface area (Å²) in [7, 11) is 0. The lowest BCUT2D eigenvalue weighted by atomic mass is 10.0. The van der Waals surface area contributed by atoms with Crippen LogP contribution in [0.3, 0.4) is 0 Å². The molecule has 0 saturated carbocycles. The van der Waals surface area contributed by atoms with Gasteiger partial charge in [-0.3, -0.25) is 0 Å². The van der Waals surface area contributed by atoms with E-state index in [0.29, 0.717) is 6.54 Å². The van der Waals surface area contributed by atoms with Gasteiger partial charge in [0.15, 0.2) is 0 Å². The average molecular weight is 203 g/mol. The predicted molar refractivity (Wildman–Crippen MR) is 56.5 cm³/mol. The summed E-state index contributed by atoms with van der Waals surface area (Å²) in [6.45, 7) is 4.59. The maximum absolute atomic E-state index is 5.69. The Morgan fingerprint density at radius 2 is 2.13 bits per heavy atom. The van der Waals surface area contributed by atoms with Gasteiger partial charge in [0, 0.05) is 6.54 Å². The highest BCUT2D eigenvalue weighted by Crippen LogP contribution is 2.20. The first-order valence-corrected chi connectivity index (χ1v) is 4.76. The second kappa shape index (κ2) is 3.78. The zero-order valence-corrected chi connectivity index (χ0v) is 8.81. The van der Waals surface area contributed by atoms with Gasteiger partial charge in [-0.25, -0.2) is 0 Å². The molecule has 0 aliphatic heterocycles. The van der Waals surface area contributed by atoms with Crippen molar-refractivity contribution in [1.82, 2.24) is 20.2 Å². The summed E-state index contributed by atoms with van der Waals surface area (Å²) >= 11 is 0. The van der Waals surface area contributed by atoms with E-state index in [1.165, 1.54) is 5.56 Å². The van der Waals surface area contributed by atoms with Gasteiger partial charge in [0.1, 0.15) is 6.33 Å². The third-order valence-electron chi connectivity index (χ3n) is 2.58. The van der Waals surface area contributed by atoms with Gasteiger partial charge in [0.25, 0.3) is 0 Å². The first kappa shape index (κ1) is 9.79. The van der Waals surface area contributed by atoms with Gasteiger partial charge in [-0.15, -0.1) is 5.10 Å². The molecule has 0 aliphatic rings. The minimum absolute atomic E-state index is 0.482. The molecule has 0 atom stereocenters. The van der Waals surface area contributed by atoms with Crippen molar-refractivity contribution >= 4 is 0 Å². The lowest BCUT2D eigenvalue weighted by Gasteiger charge is -2.12. The molecule has 0 bridgehead atoms. The van der Waals surface area contributed by atoms with Crippen molar-refractivity contribution in [1.29, 1.82) is 0 Å². The first-order chi connectivity index (χ1) is 7.24. The van der Waals surface area contributed by atoms with Gasteiger partial charge >= 0.3 is 0 Å². The highest BCUT2D eigenvalue weighted by molar-refractivity contribution is 5.50. The van der Waals surface area contributed by atoms with Crippen LogP contribution in [0.2, 0.25) is 0 Å². The molecule has 5 heteroatoms. The van der Waals surface area contributed by atoms with Crippen LogP contribution in [0.5, 0.6) is 0 Å². The van der Waals surface area contributed by atoms with Gasteiger partial charge in [-0.1, -0.05) is 12.1 Å². The molecular formula is C10H13N5. The molecule has 2 rings (SSSR count). The quantitative estimate of drug-likeness (QED) is 0.781. The van der Waals surface area contributed by atoms with Crippen molar-refractivity contribution in [3.05, 3.63) is 35.2 Å². The van der Waals surface area contributed by atoms with Crippen LogP contribution in [-0.4, -0.2) is 20.2 Å². The van der Waals surface area contributed by atoms with Crippen LogP contribution in [0.1, 0.15) is 16.7 Å². The minimum atomic E-state index is 0.482. The third-order valence-corrected chi connectivity index (χ3v) is 2.58. The molecule has 0 spiro atoms. The van der Waals surface area contributed by atoms with Crippen molar-refractivity contribution in [2.45, 2.75) is 20.4 Å². The van der Waals surface area contributed by atoms with Crippen molar-refractivity contribution in [2.75, 3.05) is 0 Å². The number of benzene rings is 1. The Balaban J connectivity index is 2.67. The number of hydrogen-bond acceptors (Lipinski definition) is 4. The van der Waals surface area contributed by atoms with Crippen LogP contribution in [0.25, 0.3) is 5.69 Å². The Labute approximate surface area is 87.9 Å². The fraction of sp³-hybridized carbons (Fsp3) is 0.300. The highest BCUT2D eigenvalue weighted by atomic mass is 15.5. The molecular weight excluding hydrogens is 190 g/mol. The largest absolute Gasteiger partial charge is 0.326 e. The molecule has 0 saturated heterocycles. The Hall–Kier alpha value is -1.75. The summed E-state index contributed by atoms with van der Waals surface area (Å²) in [5.41, 5.74) is 10.1. The van der Waals surface area contributed by atoms with Crippen LogP contribution in [0.4, 0.5) is 0 Å². The van der Waals surface area contributed by atoms with Crippen molar-refractivity contribution in [3.8, 4) is 5.69 Å². The maximum atomic E-state index is 5.69. The summed E-state index contributed by atoms with van der Waals surface area (Å²) in [6, 6.07) is 4.07. The van der Waals surface area contributed by atoms with Gasteiger partial charge in [0.05, 0.1) is 5.69 Å². The van der Waals surface area contributed by atoms with Crippen molar-refractivity contribution in [2.24, 2.45) is 5.73 Å². The Morgan fingerprint density at radius 1 is 1.33 bits per heavy atom. The van der Waals surface area contributed by atoms with E-state index in [2.05, 4.69) is 28.5 Å². The van der Waals surface area contributed by atoms with Crippen LogP contribution in [0.15, 0.2) is 18.5 Å². The summed E-state index contributed by atoms with van der Waals surface area (Å²) in [5.74, 6) is 0. The van der Waals surface area contributed by atoms with Gasteiger partial charge in [-0.2, -0.15) is 4.68 Å². The Morgan fingerprint density at radius 3 is 2.73 bits per heavy atom. The number of aromatic nitrogens is 4. The second-order valence-electron chi connectivity index (χ2n) is 3.47. The van der Waals surface area contributed by atoms with Crippen molar-refractivity contribution in [3.63, 3.8) is 0 Å². The van der Waals surface area contributed by atoms with E-state index in [-0.39, 0.29) is 0 Å². The van der Waals surface area contributed by atoms with E-state index in [1.807, 2.05) is 13.0 Å². The van der Waals surface area contributed by atoms with E-state index >= 15 is 0 Å². The fourth-order valence-electron chi connectivity index (χ4n) is 1.60. The third kappa shape index (κ3) is 1.61. The molecule has 0 unspecified atom stereocenters. The zero-order chi connectivity index (χ0) is 10.8. The highest BCUT2D eigenvalue weighted by Gasteiger charge is 2.09. The van der Waals surface area contributed by atoms with Gasteiger partial charge in [0.2, 0.25) is 0 Å². The summed E-state index contributed by atoms with van der Waals surface area (Å²) in [5, 5.41) is 11.2. The van der Waals surface area contributed by atoms with Crippen LogP contribution in [0, 0.1) is 13.8 Å². The molecule has 0 radical (unpaired) electrons. The number of rotatable bonds is 2. The Bertz CT molecular complexity index is 461. The predicted octanol–water partition coefficient (Wildman–Crippen LogP) is 0.738. The van der Waals surface area contributed by atoms with E-state index in [9.17, 15) is 0 Å². The van der Waals surface area contributed by atoms with Crippen LogP contribution >= 0.6 is 0 Å². The normalized spacial score (nSPS) is 10.6. The summed E-state index contributed by atoms with van der Waals surface area (Å²) in [6.07, 6.45) is 1.58. The van der Waals surface area contributed by atoms with E-state index in [1.54, 1.807) is 11.0 Å². The number of tetrazole rings is 1. The fourth-order valence-corrected chi connectivity index (χ4v) is 1.60. The maximum Gasteiger partial charge on any atom is 0.143 e. The molecule has 2 aromatic rings. The molecule has 0 amide bonds. The minimum Gasteiger partial charge on any atom is -0.326 e. The Kier molecular flexibility index (Phi) is 2.47. The average Bonchev–Trinajstić information content (AvgIpc) is 2.75. The molecule has 1 aromatic carbocycles. The van der Waals surface area contributed by atoms with Crippen LogP contribution < -0.4 is 5.73 Å². The lowest BCUT2D eigenvalue weighted by Crippen LogP contribution is -2.08. The lowest BCUT2D eigenvalue weighted by molar-refractivity contribution is 0.774. The first-order valence-electron chi connectivity index (χ1n) is 4.76. The molecule has 78 valence electrons. The van der Waals surface area contributed by atoms with E-state index in [0.717, 1.165) is 16.8 Å². The van der Waals surface area contributed by atoms with E-state index < -0.39 is 0 Å². The molecule has 0 fully saturated rings. The summed E-state index contributed by atoms with van der Waals surface area (Å²) < 4.78 is 1.66. The van der Waals surface area contributed by atoms with Crippen molar-refractivity contribution < 1.29 is 0 Å². The van der Waals surface area contributed by atoms with Gasteiger partial charge < -0.3 is 5.73 Å².